The lowest BCUT2D eigenvalue weighted by Crippen LogP contribution is -2.23. The highest BCUT2D eigenvalue weighted by atomic mass is 19.4. The number of alkyl halides is 3. The number of aliphatic carboxylic acids is 1. The molecular formula is C21H26F3N3O4. The second-order valence-electron chi connectivity index (χ2n) is 6.85. The van der Waals surface area contributed by atoms with E-state index >= 15 is 0 Å². The molecule has 0 amide bonds. The van der Waals surface area contributed by atoms with E-state index in [1.165, 1.54) is 11.3 Å². The van der Waals surface area contributed by atoms with Gasteiger partial charge in [-0.2, -0.15) is 13.2 Å². The molecule has 31 heavy (non-hydrogen) atoms. The summed E-state index contributed by atoms with van der Waals surface area (Å²) in [7, 11) is 1.70. The fraction of sp³-hybridized carbons (Fsp3) is 0.429. The molecule has 2 aromatic rings. The van der Waals surface area contributed by atoms with Crippen LogP contribution in [0.5, 0.6) is 5.75 Å². The second-order valence-corrected chi connectivity index (χ2v) is 6.85. The van der Waals surface area contributed by atoms with Crippen LogP contribution in [0.1, 0.15) is 23.4 Å². The lowest BCUT2D eigenvalue weighted by molar-refractivity contribution is -0.192. The Morgan fingerprint density at radius 2 is 1.97 bits per heavy atom. The van der Waals surface area contributed by atoms with Crippen LogP contribution in [0.3, 0.4) is 0 Å². The number of carboxylic acids is 1. The van der Waals surface area contributed by atoms with Gasteiger partial charge in [0, 0.05) is 26.2 Å². The molecule has 0 bridgehead atoms. The summed E-state index contributed by atoms with van der Waals surface area (Å²) in [5.74, 6) is -1.86. The van der Waals surface area contributed by atoms with Gasteiger partial charge in [0.1, 0.15) is 5.75 Å². The van der Waals surface area contributed by atoms with E-state index in [2.05, 4.69) is 33.2 Å². The van der Waals surface area contributed by atoms with E-state index in [0.29, 0.717) is 13.2 Å². The first kappa shape index (κ1) is 24.4. The van der Waals surface area contributed by atoms with Crippen LogP contribution < -0.4 is 4.74 Å². The molecule has 1 aromatic heterocycles. The minimum Gasteiger partial charge on any atom is -0.497 e. The summed E-state index contributed by atoms with van der Waals surface area (Å²) in [4.78, 5) is 15.9. The largest absolute Gasteiger partial charge is 0.497 e. The number of hydrogen-bond acceptors (Lipinski definition) is 5. The van der Waals surface area contributed by atoms with E-state index in [0.717, 1.165) is 44.0 Å². The molecule has 0 fully saturated rings. The summed E-state index contributed by atoms with van der Waals surface area (Å²) in [6.07, 6.45) is -0.240. The highest BCUT2D eigenvalue weighted by Gasteiger charge is 2.38. The third-order valence-corrected chi connectivity index (χ3v) is 4.56. The van der Waals surface area contributed by atoms with Crippen molar-refractivity contribution in [2.45, 2.75) is 38.8 Å². The first-order valence-electron chi connectivity index (χ1n) is 9.61. The number of nitrogens with zero attached hydrogens (tertiary/aromatic N) is 3. The number of aromatic nitrogens is 2. The number of ether oxygens (including phenoxy) is 2. The molecule has 2 heterocycles. The van der Waals surface area contributed by atoms with Gasteiger partial charge in [0.2, 0.25) is 0 Å². The van der Waals surface area contributed by atoms with E-state index in [1.54, 1.807) is 13.2 Å². The number of carboxylic acid groups (broad SMARTS) is 1. The molecule has 1 aromatic carbocycles. The summed E-state index contributed by atoms with van der Waals surface area (Å²) >= 11 is 0. The molecular weight excluding hydrogens is 415 g/mol. The number of rotatable bonds is 7. The van der Waals surface area contributed by atoms with Crippen molar-refractivity contribution >= 4 is 5.97 Å². The van der Waals surface area contributed by atoms with Gasteiger partial charge in [-0.05, 0) is 24.1 Å². The van der Waals surface area contributed by atoms with Crippen LogP contribution in [0.4, 0.5) is 13.2 Å². The molecule has 1 N–H and O–H groups in total. The lowest BCUT2D eigenvalue weighted by atomic mass is 10.2. The Hall–Kier alpha value is -2.85. The van der Waals surface area contributed by atoms with Gasteiger partial charge in [0.05, 0.1) is 38.0 Å². The van der Waals surface area contributed by atoms with Crippen LogP contribution in [0.2, 0.25) is 0 Å². The number of imidazole rings is 1. The molecule has 0 radical (unpaired) electrons. The highest BCUT2D eigenvalue weighted by molar-refractivity contribution is 5.73. The van der Waals surface area contributed by atoms with Crippen molar-refractivity contribution in [3.63, 3.8) is 0 Å². The third-order valence-electron chi connectivity index (χ3n) is 4.56. The number of hydrogen-bond donors (Lipinski definition) is 1. The van der Waals surface area contributed by atoms with Gasteiger partial charge in [-0.15, -0.1) is 6.58 Å². The Kier molecular flexibility index (Phi) is 9.07. The quantitative estimate of drug-likeness (QED) is 0.522. The molecule has 3 rings (SSSR count). The van der Waals surface area contributed by atoms with Crippen LogP contribution >= 0.6 is 0 Å². The Morgan fingerprint density at radius 3 is 2.55 bits per heavy atom. The van der Waals surface area contributed by atoms with Crippen molar-refractivity contribution in [3.8, 4) is 5.75 Å². The molecule has 0 spiro atoms. The topological polar surface area (TPSA) is 76.8 Å². The maximum absolute atomic E-state index is 10.6. The average Bonchev–Trinajstić information content (AvgIpc) is 2.98. The minimum absolute atomic E-state index is 0.546. The monoisotopic (exact) mass is 441 g/mol. The van der Waals surface area contributed by atoms with Crippen molar-refractivity contribution in [1.82, 2.24) is 14.5 Å². The van der Waals surface area contributed by atoms with E-state index < -0.39 is 12.1 Å². The van der Waals surface area contributed by atoms with Gasteiger partial charge in [-0.3, -0.25) is 4.90 Å². The Balaban J connectivity index is 0.000000423. The number of halogens is 3. The van der Waals surface area contributed by atoms with Crippen molar-refractivity contribution < 1.29 is 32.5 Å². The number of methoxy groups -OCH3 is 1. The maximum atomic E-state index is 10.6. The van der Waals surface area contributed by atoms with Crippen LogP contribution in [0.15, 0.2) is 43.2 Å². The van der Waals surface area contributed by atoms with Gasteiger partial charge in [-0.25, -0.2) is 9.78 Å². The summed E-state index contributed by atoms with van der Waals surface area (Å²) in [6, 6.07) is 8.31. The summed E-state index contributed by atoms with van der Waals surface area (Å²) in [6.45, 7) is 8.72. The summed E-state index contributed by atoms with van der Waals surface area (Å²) < 4.78 is 44.8. The molecule has 0 atom stereocenters. The molecule has 0 saturated carbocycles. The zero-order valence-corrected chi connectivity index (χ0v) is 17.3. The van der Waals surface area contributed by atoms with Crippen molar-refractivity contribution in [2.75, 3.05) is 20.3 Å². The van der Waals surface area contributed by atoms with Crippen molar-refractivity contribution in [1.29, 1.82) is 0 Å². The first-order valence-corrected chi connectivity index (χ1v) is 9.61. The fourth-order valence-electron chi connectivity index (χ4n) is 3.06. The molecule has 1 aliphatic heterocycles. The van der Waals surface area contributed by atoms with Gasteiger partial charge in [-0.1, -0.05) is 18.2 Å². The van der Waals surface area contributed by atoms with E-state index in [9.17, 15) is 13.2 Å². The zero-order valence-electron chi connectivity index (χ0n) is 17.3. The van der Waals surface area contributed by atoms with Gasteiger partial charge < -0.3 is 19.1 Å². The van der Waals surface area contributed by atoms with Crippen molar-refractivity contribution in [2.24, 2.45) is 0 Å². The second kappa shape index (κ2) is 11.5. The third kappa shape index (κ3) is 7.72. The predicted molar refractivity (Wildman–Crippen MR) is 107 cm³/mol. The fourth-order valence-corrected chi connectivity index (χ4v) is 3.06. The summed E-state index contributed by atoms with van der Waals surface area (Å²) in [5.41, 5.74) is 3.61. The van der Waals surface area contributed by atoms with Crippen LogP contribution in [0.25, 0.3) is 0 Å². The number of fused-ring (bicyclic) bond motifs is 1. The van der Waals surface area contributed by atoms with Crippen LogP contribution in [-0.4, -0.2) is 52.0 Å². The minimum atomic E-state index is -5.08. The number of carbonyl (C=O) groups is 1. The maximum Gasteiger partial charge on any atom is 0.490 e. The average molecular weight is 441 g/mol. The molecule has 0 unspecified atom stereocenters. The molecule has 10 heteroatoms. The lowest BCUT2D eigenvalue weighted by Gasteiger charge is -2.20. The Bertz CT molecular complexity index is 851. The van der Waals surface area contributed by atoms with E-state index in [4.69, 9.17) is 19.4 Å². The SMILES string of the molecule is C=CCOCc1ncn2c1CN(Cc1ccc(OC)cc1)CCC2.O=C(O)C(F)(F)F. The van der Waals surface area contributed by atoms with Gasteiger partial charge in [0.25, 0.3) is 0 Å². The normalized spacial score (nSPS) is 14.1. The summed E-state index contributed by atoms with van der Waals surface area (Å²) in [5, 5.41) is 7.12. The molecule has 170 valence electrons. The zero-order chi connectivity index (χ0) is 22.9. The van der Waals surface area contributed by atoms with Gasteiger partial charge >= 0.3 is 12.1 Å². The first-order chi connectivity index (χ1) is 14.7. The van der Waals surface area contributed by atoms with Crippen LogP contribution in [0, 0.1) is 0 Å². The number of benzene rings is 1. The van der Waals surface area contributed by atoms with Gasteiger partial charge in [0.15, 0.2) is 0 Å². The Labute approximate surface area is 178 Å². The predicted octanol–water partition coefficient (Wildman–Crippen LogP) is 3.63. The molecule has 7 nitrogen and oxygen atoms in total. The molecule has 0 aliphatic carbocycles. The standard InChI is InChI=1S/C19H25N3O2.C2HF3O2/c1-3-11-24-14-18-19-13-21(9-4-10-22(19)15-20-18)12-16-5-7-17(23-2)8-6-16;3-2(4,5)1(6)7/h3,5-8,15H,1,4,9-14H2,2H3;(H,6,7). The van der Waals surface area contributed by atoms with Crippen molar-refractivity contribution in [3.05, 3.63) is 60.2 Å². The molecule has 1 aliphatic rings. The highest BCUT2D eigenvalue weighted by Crippen LogP contribution is 2.20. The van der Waals surface area contributed by atoms with E-state index in [-0.39, 0.29) is 0 Å². The smallest absolute Gasteiger partial charge is 0.490 e. The molecule has 0 saturated heterocycles. The Morgan fingerprint density at radius 1 is 1.29 bits per heavy atom. The number of aryl methyl sites for hydroxylation is 1. The van der Waals surface area contributed by atoms with Crippen LogP contribution in [-0.2, 0) is 35.8 Å². The van der Waals surface area contributed by atoms with E-state index in [1.807, 2.05) is 18.5 Å².